The summed E-state index contributed by atoms with van der Waals surface area (Å²) in [6.45, 7) is 2.36. The molecule has 4 rings (SSSR count). The Morgan fingerprint density at radius 2 is 2.36 bits per heavy atom. The van der Waals surface area contributed by atoms with Crippen molar-refractivity contribution in [2.24, 2.45) is 10.7 Å². The van der Waals surface area contributed by atoms with Gasteiger partial charge in [-0.05, 0) is 30.4 Å². The molecule has 0 radical (unpaired) electrons. The molecule has 2 unspecified atom stereocenters. The first kappa shape index (κ1) is 16.6. The lowest BCUT2D eigenvalue weighted by molar-refractivity contribution is 0.0690. The van der Waals surface area contributed by atoms with Gasteiger partial charge in [0, 0.05) is 36.1 Å². The van der Waals surface area contributed by atoms with Crippen molar-refractivity contribution in [3.05, 3.63) is 23.3 Å². The molecule has 0 spiro atoms. The van der Waals surface area contributed by atoms with Gasteiger partial charge in [0.1, 0.15) is 11.3 Å². The lowest BCUT2D eigenvalue weighted by Gasteiger charge is -2.26. The van der Waals surface area contributed by atoms with Gasteiger partial charge in [-0.3, -0.25) is 4.99 Å². The highest BCUT2D eigenvalue weighted by Gasteiger charge is 2.54. The van der Waals surface area contributed by atoms with Crippen LogP contribution >= 0.6 is 11.8 Å². The second kappa shape index (κ2) is 6.46. The van der Waals surface area contributed by atoms with E-state index in [9.17, 15) is 14.9 Å². The molecule has 1 saturated carbocycles. The summed E-state index contributed by atoms with van der Waals surface area (Å²) in [5, 5.41) is 19.7. The normalized spacial score (nSPS) is 24.1. The van der Waals surface area contributed by atoms with Gasteiger partial charge in [-0.15, -0.1) is 11.8 Å². The van der Waals surface area contributed by atoms with Crippen molar-refractivity contribution in [1.82, 2.24) is 4.90 Å². The predicted molar refractivity (Wildman–Crippen MR) is 96.5 cm³/mol. The van der Waals surface area contributed by atoms with E-state index in [1.807, 2.05) is 17.0 Å². The fourth-order valence-corrected chi connectivity index (χ4v) is 4.60. The van der Waals surface area contributed by atoms with Gasteiger partial charge in [0.15, 0.2) is 5.96 Å². The Morgan fingerprint density at radius 1 is 1.52 bits per heavy atom. The second-order valence-corrected chi connectivity index (χ2v) is 7.74. The summed E-state index contributed by atoms with van der Waals surface area (Å²) in [6, 6.07) is 3.80. The first-order chi connectivity index (χ1) is 12.1. The first-order valence-electron chi connectivity index (χ1n) is 8.49. The molecule has 2 heterocycles. The van der Waals surface area contributed by atoms with E-state index in [1.165, 1.54) is 11.8 Å². The highest BCUT2D eigenvalue weighted by Crippen LogP contribution is 2.60. The fraction of sp³-hybridized carbons (Fsp3) is 0.500. The quantitative estimate of drug-likeness (QED) is 0.535. The number of carbonyl (C=O) groups is 1. The molecular formula is C16H20BN3O4S. The highest BCUT2D eigenvalue weighted by molar-refractivity contribution is 7.99. The zero-order valence-corrected chi connectivity index (χ0v) is 14.5. The molecule has 25 heavy (non-hydrogen) atoms. The Bertz CT molecular complexity index is 744. The number of guanidine groups is 1. The first-order valence-corrected chi connectivity index (χ1v) is 9.47. The number of nitrogens with two attached hydrogens (primary N) is 1. The van der Waals surface area contributed by atoms with Crippen molar-refractivity contribution in [2.75, 3.05) is 25.4 Å². The molecule has 0 aromatic heterocycles. The Balaban J connectivity index is 1.52. The Labute approximate surface area is 150 Å². The number of carboxylic acid groups (broad SMARTS) is 1. The summed E-state index contributed by atoms with van der Waals surface area (Å²) in [5.74, 6) is 0.896. The predicted octanol–water partition coefficient (Wildman–Crippen LogP) is 1.23. The summed E-state index contributed by atoms with van der Waals surface area (Å²) >= 11 is 1.47. The van der Waals surface area contributed by atoms with Crippen LogP contribution in [0.2, 0.25) is 5.82 Å². The maximum Gasteiger partial charge on any atom is 0.526 e. The number of aromatic carboxylic acids is 1. The van der Waals surface area contributed by atoms with E-state index < -0.39 is 13.1 Å². The van der Waals surface area contributed by atoms with Crippen LogP contribution in [0.25, 0.3) is 0 Å². The van der Waals surface area contributed by atoms with E-state index in [1.54, 1.807) is 0 Å². The molecule has 0 bridgehead atoms. The van der Waals surface area contributed by atoms with Crippen molar-refractivity contribution in [3.63, 3.8) is 0 Å². The third-order valence-electron chi connectivity index (χ3n) is 5.01. The zero-order chi connectivity index (χ0) is 17.6. The average molecular weight is 361 g/mol. The number of hydrogen-bond acceptors (Lipinski definition) is 7. The van der Waals surface area contributed by atoms with E-state index in [0.29, 0.717) is 28.9 Å². The highest BCUT2D eigenvalue weighted by atomic mass is 32.2. The van der Waals surface area contributed by atoms with E-state index in [4.69, 9.17) is 10.4 Å². The van der Waals surface area contributed by atoms with E-state index in [-0.39, 0.29) is 17.3 Å². The summed E-state index contributed by atoms with van der Waals surface area (Å²) < 4.78 is 5.54. The smallest absolute Gasteiger partial charge is 0.526 e. The zero-order valence-electron chi connectivity index (χ0n) is 13.7. The molecule has 2 aliphatic heterocycles. The Morgan fingerprint density at radius 3 is 3.12 bits per heavy atom. The summed E-state index contributed by atoms with van der Waals surface area (Å²) in [7, 11) is -0.903. The van der Waals surface area contributed by atoms with Crippen molar-refractivity contribution >= 4 is 30.8 Å². The van der Waals surface area contributed by atoms with E-state index >= 15 is 0 Å². The Hall–Kier alpha value is -1.87. The average Bonchev–Trinajstić information content (AvgIpc) is 3.37. The number of thioether (sulfide) groups is 1. The van der Waals surface area contributed by atoms with Gasteiger partial charge in [0.2, 0.25) is 0 Å². The van der Waals surface area contributed by atoms with Crippen LogP contribution in [0.4, 0.5) is 0 Å². The van der Waals surface area contributed by atoms with Gasteiger partial charge in [0.05, 0.1) is 0 Å². The van der Waals surface area contributed by atoms with Gasteiger partial charge in [-0.25, -0.2) is 4.79 Å². The minimum absolute atomic E-state index is 0.106. The van der Waals surface area contributed by atoms with E-state index in [2.05, 4.69) is 4.99 Å². The molecule has 1 fully saturated rings. The number of hydrogen-bond donors (Lipinski definition) is 3. The monoisotopic (exact) mass is 361 g/mol. The number of rotatable bonds is 5. The van der Waals surface area contributed by atoms with Crippen LogP contribution in [0, 0.1) is 0 Å². The molecule has 0 saturated heterocycles. The van der Waals surface area contributed by atoms with Crippen molar-refractivity contribution in [1.29, 1.82) is 0 Å². The van der Waals surface area contributed by atoms with Gasteiger partial charge in [-0.2, -0.15) is 0 Å². The lowest BCUT2D eigenvalue weighted by Crippen LogP contribution is -2.42. The maximum absolute atomic E-state index is 11.8. The molecule has 0 amide bonds. The largest absolute Gasteiger partial charge is 0.535 e. The van der Waals surface area contributed by atoms with Crippen LogP contribution in [0.15, 0.2) is 22.0 Å². The van der Waals surface area contributed by atoms with Crippen LogP contribution < -0.4 is 10.4 Å². The second-order valence-electron chi connectivity index (χ2n) is 6.61. The van der Waals surface area contributed by atoms with Gasteiger partial charge >= 0.3 is 13.1 Å². The van der Waals surface area contributed by atoms with Crippen LogP contribution in [-0.4, -0.2) is 59.5 Å². The van der Waals surface area contributed by atoms with Crippen LogP contribution in [-0.2, 0) is 0 Å². The molecule has 9 heteroatoms. The fourth-order valence-electron chi connectivity index (χ4n) is 3.58. The topological polar surface area (TPSA) is 108 Å². The number of aliphatic imine (C=N–C) groups is 1. The summed E-state index contributed by atoms with van der Waals surface area (Å²) in [4.78, 5) is 18.7. The summed E-state index contributed by atoms with van der Waals surface area (Å²) in [5.41, 5.74) is 6.95. The van der Waals surface area contributed by atoms with Crippen LogP contribution in [0.1, 0.15) is 34.7 Å². The third kappa shape index (κ3) is 3.06. The summed E-state index contributed by atoms with van der Waals surface area (Å²) in [6.07, 6.45) is 1.84. The number of benzene rings is 1. The molecule has 132 valence electrons. The van der Waals surface area contributed by atoms with Crippen molar-refractivity contribution < 1.29 is 19.6 Å². The third-order valence-corrected chi connectivity index (χ3v) is 6.05. The van der Waals surface area contributed by atoms with Crippen molar-refractivity contribution in [2.45, 2.75) is 29.5 Å². The van der Waals surface area contributed by atoms with Gasteiger partial charge in [-0.1, -0.05) is 6.07 Å². The minimum Gasteiger partial charge on any atom is -0.535 e. The number of fused-ring (bicyclic) bond motifs is 3. The minimum atomic E-state index is -1.02. The van der Waals surface area contributed by atoms with Gasteiger partial charge in [0.25, 0.3) is 0 Å². The maximum atomic E-state index is 11.8. The lowest BCUT2D eigenvalue weighted by atomic mass is 9.77. The van der Waals surface area contributed by atoms with Crippen molar-refractivity contribution in [3.8, 4) is 5.75 Å². The molecule has 1 aromatic rings. The SMILES string of the molecule is NC1=NCCCN1CCSc1ccc2c(c1C(=O)O)OB(O)C1CC21. The standard InChI is InChI=1S/C16H20BN3O4S/c18-16-19-4-1-5-20(16)6-7-25-12-3-2-9-10-8-11(10)17(23)24-14(9)13(12)15(21)22/h2-3,10-11,23H,1,4-8H2,(H2,18,19)(H,21,22). The number of carboxylic acids is 1. The molecule has 4 N–H and O–H groups in total. The van der Waals surface area contributed by atoms with Crippen LogP contribution in [0.3, 0.4) is 0 Å². The molecular weight excluding hydrogens is 341 g/mol. The number of nitrogens with zero attached hydrogens (tertiary/aromatic N) is 2. The van der Waals surface area contributed by atoms with Crippen LogP contribution in [0.5, 0.6) is 5.75 Å². The molecule has 1 aliphatic carbocycles. The molecule has 7 nitrogen and oxygen atoms in total. The van der Waals surface area contributed by atoms with Gasteiger partial charge < -0.3 is 25.4 Å². The molecule has 2 atom stereocenters. The van der Waals surface area contributed by atoms with E-state index in [0.717, 1.165) is 31.5 Å². The Kier molecular flexibility index (Phi) is 4.29. The molecule has 3 aliphatic rings. The molecule has 1 aromatic carbocycles.